The first kappa shape index (κ1) is 12.6. The van der Waals surface area contributed by atoms with Crippen molar-refractivity contribution in [1.82, 2.24) is 20.2 Å². The second-order valence-corrected chi connectivity index (χ2v) is 4.94. The van der Waals surface area contributed by atoms with Crippen LogP contribution >= 0.6 is 0 Å². The molecule has 0 unspecified atom stereocenters. The highest BCUT2D eigenvalue weighted by atomic mass is 16.2. The number of benzene rings is 1. The standard InChI is InChI=1S/C13H15N5O2/c19-12(9-3-1-2-4-9)14-10-5-7-11(8-6-10)18-13(20)15-16-17-18/h5-9H,1-4H2,(H,14,19)(H,15,17,20). The quantitative estimate of drug-likeness (QED) is 0.875. The number of amides is 1. The van der Waals surface area contributed by atoms with E-state index in [-0.39, 0.29) is 11.8 Å². The molecule has 0 radical (unpaired) electrons. The lowest BCUT2D eigenvalue weighted by Gasteiger charge is -2.10. The predicted molar refractivity (Wildman–Crippen MR) is 72.6 cm³/mol. The number of carbonyl (C=O) groups excluding carboxylic acids is 1. The summed E-state index contributed by atoms with van der Waals surface area (Å²) >= 11 is 0. The second-order valence-electron chi connectivity index (χ2n) is 4.94. The van der Waals surface area contributed by atoms with Gasteiger partial charge in [0.15, 0.2) is 0 Å². The van der Waals surface area contributed by atoms with Crippen molar-refractivity contribution in [3.8, 4) is 5.69 Å². The summed E-state index contributed by atoms with van der Waals surface area (Å²) in [5.74, 6) is 0.210. The van der Waals surface area contributed by atoms with Gasteiger partial charge in [0.1, 0.15) is 0 Å². The van der Waals surface area contributed by atoms with Crippen LogP contribution in [0.3, 0.4) is 0 Å². The van der Waals surface area contributed by atoms with Crippen molar-refractivity contribution < 1.29 is 4.79 Å². The second kappa shape index (κ2) is 5.28. The normalized spacial score (nSPS) is 15.4. The molecule has 1 saturated carbocycles. The van der Waals surface area contributed by atoms with Gasteiger partial charge < -0.3 is 5.32 Å². The highest BCUT2D eigenvalue weighted by Crippen LogP contribution is 2.26. The fourth-order valence-electron chi connectivity index (χ4n) is 2.49. The van der Waals surface area contributed by atoms with Crippen LogP contribution in [0, 0.1) is 5.92 Å². The molecule has 2 aromatic rings. The average Bonchev–Trinajstić information content (AvgIpc) is 3.11. The van der Waals surface area contributed by atoms with Gasteiger partial charge in [-0.2, -0.15) is 4.68 Å². The number of anilines is 1. The molecule has 0 saturated heterocycles. The predicted octanol–water partition coefficient (Wildman–Crippen LogP) is 1.08. The maximum Gasteiger partial charge on any atom is 0.365 e. The molecule has 1 aliphatic rings. The van der Waals surface area contributed by atoms with Crippen LogP contribution in [0.2, 0.25) is 0 Å². The number of hydrogen-bond donors (Lipinski definition) is 2. The highest BCUT2D eigenvalue weighted by molar-refractivity contribution is 5.92. The van der Waals surface area contributed by atoms with Crippen molar-refractivity contribution in [3.63, 3.8) is 0 Å². The molecule has 0 aliphatic heterocycles. The minimum atomic E-state index is -0.396. The summed E-state index contributed by atoms with van der Waals surface area (Å²) in [6.07, 6.45) is 4.20. The van der Waals surface area contributed by atoms with Crippen LogP contribution in [-0.2, 0) is 4.79 Å². The Balaban J connectivity index is 1.71. The Morgan fingerprint density at radius 2 is 1.95 bits per heavy atom. The maximum atomic E-state index is 12.0. The molecule has 1 aromatic carbocycles. The molecule has 3 rings (SSSR count). The summed E-state index contributed by atoms with van der Waals surface area (Å²) in [7, 11) is 0. The van der Waals surface area contributed by atoms with E-state index >= 15 is 0 Å². The molecular formula is C13H15N5O2. The number of nitrogens with zero attached hydrogens (tertiary/aromatic N) is 3. The molecule has 1 aromatic heterocycles. The van der Waals surface area contributed by atoms with E-state index in [1.807, 2.05) is 0 Å². The third kappa shape index (κ3) is 2.47. The van der Waals surface area contributed by atoms with Crippen LogP contribution < -0.4 is 11.0 Å². The largest absolute Gasteiger partial charge is 0.365 e. The van der Waals surface area contributed by atoms with Crippen LogP contribution in [0.1, 0.15) is 25.7 Å². The van der Waals surface area contributed by atoms with E-state index in [1.165, 1.54) is 0 Å². The van der Waals surface area contributed by atoms with E-state index in [0.29, 0.717) is 5.69 Å². The summed E-state index contributed by atoms with van der Waals surface area (Å²) in [4.78, 5) is 23.4. The van der Waals surface area contributed by atoms with E-state index in [0.717, 1.165) is 36.1 Å². The molecule has 1 aliphatic carbocycles. The number of H-pyrrole nitrogens is 1. The van der Waals surface area contributed by atoms with Crippen molar-refractivity contribution in [3.05, 3.63) is 34.7 Å². The number of rotatable bonds is 3. The highest BCUT2D eigenvalue weighted by Gasteiger charge is 2.22. The lowest BCUT2D eigenvalue weighted by molar-refractivity contribution is -0.119. The number of aromatic nitrogens is 4. The minimum Gasteiger partial charge on any atom is -0.326 e. The SMILES string of the molecule is O=C(Nc1ccc(-n2nn[nH]c2=O)cc1)C1CCCC1. The Bertz CT molecular complexity index is 652. The molecular weight excluding hydrogens is 258 g/mol. The molecule has 7 heteroatoms. The summed E-state index contributed by atoms with van der Waals surface area (Å²) in [6, 6.07) is 6.94. The molecule has 1 amide bonds. The third-order valence-corrected chi connectivity index (χ3v) is 3.58. The molecule has 1 fully saturated rings. The van der Waals surface area contributed by atoms with Gasteiger partial charge in [-0.1, -0.05) is 12.8 Å². The maximum absolute atomic E-state index is 12.0. The number of aromatic amines is 1. The van der Waals surface area contributed by atoms with Gasteiger partial charge in [0, 0.05) is 11.6 Å². The van der Waals surface area contributed by atoms with Gasteiger partial charge in [-0.05, 0) is 47.5 Å². The fourth-order valence-corrected chi connectivity index (χ4v) is 2.49. The van der Waals surface area contributed by atoms with E-state index in [4.69, 9.17) is 0 Å². The van der Waals surface area contributed by atoms with Gasteiger partial charge in [0.25, 0.3) is 0 Å². The van der Waals surface area contributed by atoms with E-state index in [9.17, 15) is 9.59 Å². The topological polar surface area (TPSA) is 92.7 Å². The molecule has 1 heterocycles. The summed E-state index contributed by atoms with van der Waals surface area (Å²) in [5.41, 5.74) is 0.928. The first-order valence-electron chi connectivity index (χ1n) is 6.66. The fraction of sp³-hybridized carbons (Fsp3) is 0.385. The minimum absolute atomic E-state index is 0.0776. The number of nitrogens with one attached hydrogen (secondary N) is 2. The zero-order valence-corrected chi connectivity index (χ0v) is 10.9. The molecule has 104 valence electrons. The lowest BCUT2D eigenvalue weighted by atomic mass is 10.1. The number of tetrazole rings is 1. The molecule has 7 nitrogen and oxygen atoms in total. The van der Waals surface area contributed by atoms with Gasteiger partial charge in [0.05, 0.1) is 5.69 Å². The Morgan fingerprint density at radius 1 is 1.25 bits per heavy atom. The first-order chi connectivity index (χ1) is 9.74. The third-order valence-electron chi connectivity index (χ3n) is 3.58. The lowest BCUT2D eigenvalue weighted by Crippen LogP contribution is -2.20. The smallest absolute Gasteiger partial charge is 0.326 e. The van der Waals surface area contributed by atoms with Crippen LogP contribution in [0.4, 0.5) is 5.69 Å². The van der Waals surface area contributed by atoms with Crippen LogP contribution in [0.5, 0.6) is 0 Å². The van der Waals surface area contributed by atoms with Gasteiger partial charge in [0.2, 0.25) is 5.91 Å². The number of carbonyl (C=O) groups is 1. The molecule has 0 spiro atoms. The molecule has 20 heavy (non-hydrogen) atoms. The Labute approximate surface area is 115 Å². The van der Waals surface area contributed by atoms with Crippen molar-refractivity contribution in [2.75, 3.05) is 5.32 Å². The van der Waals surface area contributed by atoms with Crippen LogP contribution in [-0.4, -0.2) is 26.1 Å². The summed E-state index contributed by atoms with van der Waals surface area (Å²) in [6.45, 7) is 0. The van der Waals surface area contributed by atoms with Gasteiger partial charge in [-0.3, -0.25) is 4.79 Å². The summed E-state index contributed by atoms with van der Waals surface area (Å²) in [5, 5.41) is 12.2. The van der Waals surface area contributed by atoms with Gasteiger partial charge in [-0.15, -0.1) is 0 Å². The van der Waals surface area contributed by atoms with E-state index in [1.54, 1.807) is 24.3 Å². The zero-order valence-electron chi connectivity index (χ0n) is 10.9. The van der Waals surface area contributed by atoms with Crippen LogP contribution in [0.25, 0.3) is 5.69 Å². The van der Waals surface area contributed by atoms with Crippen LogP contribution in [0.15, 0.2) is 29.1 Å². The zero-order chi connectivity index (χ0) is 13.9. The Kier molecular flexibility index (Phi) is 3.32. The van der Waals surface area contributed by atoms with Gasteiger partial charge in [-0.25, -0.2) is 9.89 Å². The van der Waals surface area contributed by atoms with Gasteiger partial charge >= 0.3 is 5.69 Å². The Morgan fingerprint density at radius 3 is 2.55 bits per heavy atom. The molecule has 2 N–H and O–H groups in total. The van der Waals surface area contributed by atoms with Crippen molar-refractivity contribution in [1.29, 1.82) is 0 Å². The molecule has 0 bridgehead atoms. The Hall–Kier alpha value is -2.44. The summed E-state index contributed by atoms with van der Waals surface area (Å²) < 4.78 is 1.16. The number of hydrogen-bond acceptors (Lipinski definition) is 4. The van der Waals surface area contributed by atoms with E-state index in [2.05, 4.69) is 20.8 Å². The molecule has 0 atom stereocenters. The van der Waals surface area contributed by atoms with Crippen molar-refractivity contribution in [2.24, 2.45) is 5.92 Å². The van der Waals surface area contributed by atoms with Crippen molar-refractivity contribution >= 4 is 11.6 Å². The van der Waals surface area contributed by atoms with E-state index < -0.39 is 5.69 Å². The first-order valence-corrected chi connectivity index (χ1v) is 6.66. The average molecular weight is 273 g/mol. The monoisotopic (exact) mass is 273 g/mol. The van der Waals surface area contributed by atoms with Crippen molar-refractivity contribution in [2.45, 2.75) is 25.7 Å².